The van der Waals surface area contributed by atoms with Gasteiger partial charge in [-0.3, -0.25) is 4.79 Å². The Morgan fingerprint density at radius 1 is 1.56 bits per heavy atom. The Morgan fingerprint density at radius 2 is 2.19 bits per heavy atom. The van der Waals surface area contributed by atoms with E-state index in [1.165, 1.54) is 7.05 Å². The molecule has 1 aromatic heterocycles. The molecule has 1 rings (SSSR count). The molecule has 1 heterocycles. The van der Waals surface area contributed by atoms with Crippen molar-refractivity contribution >= 4 is 5.91 Å². The molecule has 0 atom stereocenters. The van der Waals surface area contributed by atoms with Crippen molar-refractivity contribution in [2.45, 2.75) is 19.3 Å². The third kappa shape index (κ3) is 2.48. The van der Waals surface area contributed by atoms with Crippen molar-refractivity contribution in [2.75, 3.05) is 7.05 Å². The van der Waals surface area contributed by atoms with Crippen LogP contribution in [0.2, 0.25) is 0 Å². The minimum absolute atomic E-state index is 0.407. The second-order valence-electron chi connectivity index (χ2n) is 2.87. The number of likely N-dealkylation sites (N-methyl/N-ethyl adjacent to an activating group) is 1. The Hall–Kier alpha value is -1.64. The number of alkyl halides is 3. The summed E-state index contributed by atoms with van der Waals surface area (Å²) in [5.41, 5.74) is -1.81. The number of carbonyl (C=O) groups excluding carboxylic acids is 1. The van der Waals surface area contributed by atoms with E-state index in [1.54, 1.807) is 0 Å². The van der Waals surface area contributed by atoms with E-state index in [0.717, 1.165) is 0 Å². The highest BCUT2D eigenvalue weighted by atomic mass is 19.4. The van der Waals surface area contributed by atoms with Gasteiger partial charge in [-0.1, -0.05) is 5.21 Å². The molecule has 16 heavy (non-hydrogen) atoms. The van der Waals surface area contributed by atoms with Gasteiger partial charge < -0.3 is 10.4 Å². The number of hydrogen-bond donors (Lipinski definition) is 2. The maximum atomic E-state index is 12.5. The molecule has 0 unspecified atom stereocenters. The fraction of sp³-hybridized carbons (Fsp3) is 0.571. The van der Waals surface area contributed by atoms with Crippen molar-refractivity contribution in [3.8, 4) is 0 Å². The van der Waals surface area contributed by atoms with E-state index >= 15 is 0 Å². The summed E-state index contributed by atoms with van der Waals surface area (Å²) in [4.78, 5) is 10.9. The fourth-order valence-corrected chi connectivity index (χ4v) is 1.09. The minimum atomic E-state index is -4.71. The molecule has 0 saturated carbocycles. The lowest BCUT2D eigenvalue weighted by Gasteiger charge is -2.09. The summed E-state index contributed by atoms with van der Waals surface area (Å²) in [6, 6.07) is 0. The number of aliphatic hydroxyl groups excluding tert-OH is 1. The van der Waals surface area contributed by atoms with Gasteiger partial charge in [0.05, 0.1) is 6.61 Å². The normalized spacial score (nSPS) is 11.6. The standard InChI is InChI=1S/C7H9F3N4O2/c1-11-5(16)2-14-6(7(8,9)10)4(3-15)12-13-14/h15H,2-3H2,1H3,(H,11,16). The zero-order chi connectivity index (χ0) is 12.3. The molecule has 0 fully saturated rings. The first-order valence-electron chi connectivity index (χ1n) is 4.21. The molecular formula is C7H9F3N4O2. The first kappa shape index (κ1) is 12.4. The summed E-state index contributed by atoms with van der Waals surface area (Å²) in [5.74, 6) is -0.639. The van der Waals surface area contributed by atoms with Gasteiger partial charge in [0.1, 0.15) is 12.2 Å². The van der Waals surface area contributed by atoms with Crippen LogP contribution in [0.5, 0.6) is 0 Å². The van der Waals surface area contributed by atoms with Gasteiger partial charge >= 0.3 is 6.18 Å². The van der Waals surface area contributed by atoms with E-state index in [9.17, 15) is 18.0 Å². The lowest BCUT2D eigenvalue weighted by Crippen LogP contribution is -2.27. The zero-order valence-corrected chi connectivity index (χ0v) is 8.25. The lowest BCUT2D eigenvalue weighted by molar-refractivity contribution is -0.145. The van der Waals surface area contributed by atoms with Gasteiger partial charge in [0.15, 0.2) is 5.69 Å². The Balaban J connectivity index is 3.10. The molecule has 0 aliphatic rings. The molecule has 0 spiro atoms. The summed E-state index contributed by atoms with van der Waals surface area (Å²) in [6.07, 6.45) is -4.71. The molecule has 0 radical (unpaired) electrons. The van der Waals surface area contributed by atoms with Crippen LogP contribution in [-0.4, -0.2) is 33.1 Å². The number of nitrogens with one attached hydrogen (secondary N) is 1. The van der Waals surface area contributed by atoms with Crippen molar-refractivity contribution in [1.29, 1.82) is 0 Å². The molecule has 0 aliphatic carbocycles. The second kappa shape index (κ2) is 4.47. The fourth-order valence-electron chi connectivity index (χ4n) is 1.09. The van der Waals surface area contributed by atoms with E-state index in [2.05, 4.69) is 15.6 Å². The van der Waals surface area contributed by atoms with Crippen LogP contribution >= 0.6 is 0 Å². The summed E-state index contributed by atoms with van der Waals surface area (Å²) >= 11 is 0. The number of aromatic nitrogens is 3. The van der Waals surface area contributed by atoms with Gasteiger partial charge in [0, 0.05) is 7.05 Å². The SMILES string of the molecule is CNC(=O)Cn1nnc(CO)c1C(F)(F)F. The molecular weight excluding hydrogens is 229 g/mol. The molecule has 0 saturated heterocycles. The Morgan fingerprint density at radius 3 is 2.62 bits per heavy atom. The highest BCUT2D eigenvalue weighted by Crippen LogP contribution is 2.30. The van der Waals surface area contributed by atoms with E-state index in [1.807, 2.05) is 0 Å². The van der Waals surface area contributed by atoms with E-state index < -0.39 is 36.6 Å². The average molecular weight is 238 g/mol. The van der Waals surface area contributed by atoms with Crippen molar-refractivity contribution in [3.63, 3.8) is 0 Å². The molecule has 2 N–H and O–H groups in total. The van der Waals surface area contributed by atoms with Gasteiger partial charge in [-0.05, 0) is 0 Å². The number of hydrogen-bond acceptors (Lipinski definition) is 4. The summed E-state index contributed by atoms with van der Waals surface area (Å²) in [5, 5.41) is 17.2. The van der Waals surface area contributed by atoms with Crippen LogP contribution in [0.15, 0.2) is 0 Å². The lowest BCUT2D eigenvalue weighted by atomic mass is 10.3. The number of amides is 1. The number of aliphatic hydroxyl groups is 1. The van der Waals surface area contributed by atoms with Gasteiger partial charge in [-0.2, -0.15) is 13.2 Å². The van der Waals surface area contributed by atoms with Crippen LogP contribution < -0.4 is 5.32 Å². The molecule has 9 heteroatoms. The van der Waals surface area contributed by atoms with Crippen LogP contribution in [0.25, 0.3) is 0 Å². The monoisotopic (exact) mass is 238 g/mol. The van der Waals surface area contributed by atoms with Gasteiger partial charge in [0.2, 0.25) is 5.91 Å². The van der Waals surface area contributed by atoms with Crippen LogP contribution in [-0.2, 0) is 24.1 Å². The van der Waals surface area contributed by atoms with Crippen molar-refractivity contribution in [1.82, 2.24) is 20.3 Å². The Bertz CT molecular complexity index is 387. The highest BCUT2D eigenvalue weighted by Gasteiger charge is 2.39. The van der Waals surface area contributed by atoms with Crippen molar-refractivity contribution in [3.05, 3.63) is 11.4 Å². The van der Waals surface area contributed by atoms with Crippen LogP contribution in [0, 0.1) is 0 Å². The molecule has 0 aromatic carbocycles. The van der Waals surface area contributed by atoms with Crippen LogP contribution in [0.3, 0.4) is 0 Å². The number of nitrogens with zero attached hydrogens (tertiary/aromatic N) is 3. The second-order valence-corrected chi connectivity index (χ2v) is 2.87. The predicted molar refractivity (Wildman–Crippen MR) is 45.0 cm³/mol. The van der Waals surface area contributed by atoms with E-state index in [-0.39, 0.29) is 0 Å². The number of rotatable bonds is 3. The molecule has 6 nitrogen and oxygen atoms in total. The summed E-state index contributed by atoms with van der Waals surface area (Å²) < 4.78 is 38.0. The maximum Gasteiger partial charge on any atom is 0.435 e. The predicted octanol–water partition coefficient (Wildman–Crippen LogP) is -0.465. The quantitative estimate of drug-likeness (QED) is 0.746. The maximum absolute atomic E-state index is 12.5. The van der Waals surface area contributed by atoms with Crippen molar-refractivity contribution in [2.24, 2.45) is 0 Å². The Kier molecular flexibility index (Phi) is 3.48. The summed E-state index contributed by atoms with van der Waals surface area (Å²) in [6.45, 7) is -1.49. The van der Waals surface area contributed by atoms with Crippen LogP contribution in [0.4, 0.5) is 13.2 Å². The number of halogens is 3. The number of carbonyl (C=O) groups is 1. The van der Waals surface area contributed by atoms with Gasteiger partial charge in [-0.15, -0.1) is 5.10 Å². The summed E-state index contributed by atoms with van der Waals surface area (Å²) in [7, 11) is 1.29. The molecule has 0 aliphatic heterocycles. The first-order chi connectivity index (χ1) is 7.40. The van der Waals surface area contributed by atoms with Gasteiger partial charge in [-0.25, -0.2) is 4.68 Å². The largest absolute Gasteiger partial charge is 0.435 e. The first-order valence-corrected chi connectivity index (χ1v) is 4.21. The molecule has 1 aromatic rings. The molecule has 90 valence electrons. The topological polar surface area (TPSA) is 80.0 Å². The minimum Gasteiger partial charge on any atom is -0.390 e. The van der Waals surface area contributed by atoms with Gasteiger partial charge in [0.25, 0.3) is 0 Å². The zero-order valence-electron chi connectivity index (χ0n) is 8.25. The van der Waals surface area contributed by atoms with E-state index in [0.29, 0.717) is 4.68 Å². The third-order valence-electron chi connectivity index (χ3n) is 1.80. The molecule has 1 amide bonds. The van der Waals surface area contributed by atoms with Crippen LogP contribution in [0.1, 0.15) is 11.4 Å². The molecule has 0 bridgehead atoms. The smallest absolute Gasteiger partial charge is 0.390 e. The van der Waals surface area contributed by atoms with E-state index in [4.69, 9.17) is 5.11 Å². The van der Waals surface area contributed by atoms with Crippen molar-refractivity contribution < 1.29 is 23.1 Å². The average Bonchev–Trinajstić information content (AvgIpc) is 2.60. The highest BCUT2D eigenvalue weighted by molar-refractivity contribution is 5.75. The third-order valence-corrected chi connectivity index (χ3v) is 1.80. The Labute approximate surface area is 88.1 Å².